The van der Waals surface area contributed by atoms with E-state index in [0.29, 0.717) is 12.1 Å². The van der Waals surface area contributed by atoms with E-state index in [1.807, 2.05) is 44.3 Å². The average Bonchev–Trinajstić information content (AvgIpc) is 3.35. The van der Waals surface area contributed by atoms with Crippen LogP contribution >= 0.6 is 0 Å². The first-order valence-corrected chi connectivity index (χ1v) is 13.6. The lowest BCUT2D eigenvalue weighted by atomic mass is 9.94. The van der Waals surface area contributed by atoms with Gasteiger partial charge in [-0.2, -0.15) is 0 Å². The minimum atomic E-state index is -1.17. The SMILES string of the molecule is Cc1[nH]c([C@@H](Cc2c[nH]c3ccccc23)N(C(=O)C2CCCCCC2)C(=O)[C@@H](N)CC(C)C)nc1C(=O)O. The molecule has 0 aliphatic heterocycles. The molecule has 2 atom stereocenters. The van der Waals surface area contributed by atoms with Crippen molar-refractivity contribution in [3.05, 3.63) is 53.2 Å². The number of aryl methyl sites for hydroxylation is 1. The van der Waals surface area contributed by atoms with Crippen molar-refractivity contribution in [3.63, 3.8) is 0 Å². The summed E-state index contributed by atoms with van der Waals surface area (Å²) in [4.78, 5) is 52.1. The van der Waals surface area contributed by atoms with E-state index >= 15 is 0 Å². The minimum Gasteiger partial charge on any atom is -0.476 e. The number of carbonyl (C=O) groups excluding carboxylic acids is 2. The number of nitrogens with one attached hydrogen (secondary N) is 2. The molecule has 0 saturated heterocycles. The number of carbonyl (C=O) groups is 3. The third-order valence-corrected chi connectivity index (χ3v) is 7.54. The Bertz CT molecular complexity index is 1290. The molecule has 9 nitrogen and oxygen atoms in total. The average molecular weight is 522 g/mol. The molecule has 1 saturated carbocycles. The van der Waals surface area contributed by atoms with Gasteiger partial charge < -0.3 is 20.8 Å². The molecule has 4 rings (SSSR count). The monoisotopic (exact) mass is 521 g/mol. The molecule has 0 radical (unpaired) electrons. The lowest BCUT2D eigenvalue weighted by Gasteiger charge is -2.34. The number of H-pyrrole nitrogens is 2. The van der Waals surface area contributed by atoms with Gasteiger partial charge in [-0.15, -0.1) is 0 Å². The number of aromatic amines is 2. The Balaban J connectivity index is 1.83. The van der Waals surface area contributed by atoms with Crippen LogP contribution in [0.2, 0.25) is 0 Å². The van der Waals surface area contributed by atoms with Gasteiger partial charge in [-0.1, -0.05) is 57.7 Å². The second kappa shape index (κ2) is 11.9. The van der Waals surface area contributed by atoms with Crippen LogP contribution in [0.15, 0.2) is 30.5 Å². The van der Waals surface area contributed by atoms with E-state index < -0.39 is 24.0 Å². The highest BCUT2D eigenvalue weighted by Crippen LogP contribution is 2.33. The summed E-state index contributed by atoms with van der Waals surface area (Å²) in [7, 11) is 0. The van der Waals surface area contributed by atoms with Crippen LogP contribution in [-0.2, 0) is 16.0 Å². The van der Waals surface area contributed by atoms with Gasteiger partial charge in [-0.25, -0.2) is 9.78 Å². The van der Waals surface area contributed by atoms with E-state index in [2.05, 4.69) is 15.0 Å². The first-order chi connectivity index (χ1) is 18.2. The van der Waals surface area contributed by atoms with Crippen LogP contribution in [0.4, 0.5) is 0 Å². The van der Waals surface area contributed by atoms with Gasteiger partial charge in [0.1, 0.15) is 11.9 Å². The third-order valence-electron chi connectivity index (χ3n) is 7.54. The molecule has 5 N–H and O–H groups in total. The van der Waals surface area contributed by atoms with E-state index in [9.17, 15) is 19.5 Å². The molecule has 2 heterocycles. The molecule has 3 aromatic rings. The molecule has 204 valence electrons. The van der Waals surface area contributed by atoms with Crippen LogP contribution in [0.5, 0.6) is 0 Å². The fourth-order valence-corrected chi connectivity index (χ4v) is 5.59. The minimum absolute atomic E-state index is 0.121. The van der Waals surface area contributed by atoms with Gasteiger partial charge in [-0.3, -0.25) is 14.5 Å². The summed E-state index contributed by atoms with van der Waals surface area (Å²) in [6.07, 6.45) is 8.04. The summed E-state index contributed by atoms with van der Waals surface area (Å²) < 4.78 is 0. The van der Waals surface area contributed by atoms with Gasteiger partial charge in [0.25, 0.3) is 0 Å². The Morgan fingerprint density at radius 2 is 1.82 bits per heavy atom. The van der Waals surface area contributed by atoms with Gasteiger partial charge in [-0.05, 0) is 43.7 Å². The summed E-state index contributed by atoms with van der Waals surface area (Å²) in [5.74, 6) is -1.69. The number of hydrogen-bond acceptors (Lipinski definition) is 5. The number of aromatic nitrogens is 3. The zero-order chi connectivity index (χ0) is 27.4. The second-order valence-corrected chi connectivity index (χ2v) is 11.0. The number of nitrogens with two attached hydrogens (primary N) is 1. The number of hydrogen-bond donors (Lipinski definition) is 4. The Hall–Kier alpha value is -3.46. The molecule has 0 spiro atoms. The van der Waals surface area contributed by atoms with Crippen molar-refractivity contribution < 1.29 is 19.5 Å². The molecular formula is C29H39N5O4. The van der Waals surface area contributed by atoms with Crippen LogP contribution in [0, 0.1) is 18.8 Å². The molecule has 9 heteroatoms. The summed E-state index contributed by atoms with van der Waals surface area (Å²) >= 11 is 0. The third kappa shape index (κ3) is 5.99. The number of benzene rings is 1. The van der Waals surface area contributed by atoms with Crippen molar-refractivity contribution in [2.75, 3.05) is 0 Å². The Morgan fingerprint density at radius 3 is 2.45 bits per heavy atom. The largest absolute Gasteiger partial charge is 0.476 e. The number of para-hydroxylation sites is 1. The normalized spacial score (nSPS) is 16.3. The number of amides is 2. The number of rotatable bonds is 9. The molecular weight excluding hydrogens is 482 g/mol. The number of carboxylic acids is 1. The second-order valence-electron chi connectivity index (χ2n) is 11.0. The van der Waals surface area contributed by atoms with Crippen molar-refractivity contribution in [2.45, 2.75) is 84.2 Å². The van der Waals surface area contributed by atoms with Crippen LogP contribution in [0.1, 0.15) is 92.4 Å². The van der Waals surface area contributed by atoms with Crippen LogP contribution in [-0.4, -0.2) is 48.8 Å². The molecule has 2 amide bonds. The number of nitrogens with zero attached hydrogens (tertiary/aromatic N) is 2. The van der Waals surface area contributed by atoms with E-state index in [4.69, 9.17) is 5.73 Å². The Kier molecular flexibility index (Phi) is 8.66. The van der Waals surface area contributed by atoms with Crippen molar-refractivity contribution in [1.29, 1.82) is 0 Å². The highest BCUT2D eigenvalue weighted by atomic mass is 16.4. The van der Waals surface area contributed by atoms with E-state index in [1.165, 1.54) is 4.90 Å². The molecule has 1 aromatic carbocycles. The smallest absolute Gasteiger partial charge is 0.356 e. The first-order valence-electron chi connectivity index (χ1n) is 13.6. The maximum absolute atomic E-state index is 14.2. The van der Waals surface area contributed by atoms with Crippen LogP contribution < -0.4 is 5.73 Å². The first kappa shape index (κ1) is 27.6. The topological polar surface area (TPSA) is 145 Å². The molecule has 1 fully saturated rings. The van der Waals surface area contributed by atoms with E-state index in [0.717, 1.165) is 55.0 Å². The summed E-state index contributed by atoms with van der Waals surface area (Å²) in [6, 6.07) is 6.13. The highest BCUT2D eigenvalue weighted by Gasteiger charge is 2.39. The molecule has 1 aliphatic carbocycles. The zero-order valence-electron chi connectivity index (χ0n) is 22.5. The van der Waals surface area contributed by atoms with Gasteiger partial charge >= 0.3 is 5.97 Å². The molecule has 1 aliphatic rings. The standard InChI is InChI=1S/C29H39N5O4/c1-17(2)14-22(30)28(36)34(27(35)19-10-6-4-5-7-11-19)24(26-32-18(3)25(33-26)29(37)38)15-20-16-31-23-13-9-8-12-21(20)23/h8-9,12-13,16-17,19,22,24,31H,4-7,10-11,14-15,30H2,1-3H3,(H,32,33)(H,37,38)/t22-,24+/m0/s1. The van der Waals surface area contributed by atoms with Gasteiger partial charge in [0.05, 0.1) is 6.04 Å². The zero-order valence-corrected chi connectivity index (χ0v) is 22.5. The molecule has 0 bridgehead atoms. The van der Waals surface area contributed by atoms with E-state index in [1.54, 1.807) is 6.92 Å². The quantitative estimate of drug-likeness (QED) is 0.295. The summed E-state index contributed by atoms with van der Waals surface area (Å²) in [5, 5.41) is 10.7. The fraction of sp³-hybridized carbons (Fsp3) is 0.517. The number of carboxylic acid groups (broad SMARTS) is 1. The lowest BCUT2D eigenvalue weighted by Crippen LogP contribution is -2.51. The van der Waals surface area contributed by atoms with Gasteiger partial charge in [0.2, 0.25) is 11.8 Å². The lowest BCUT2D eigenvalue weighted by molar-refractivity contribution is -0.152. The van der Waals surface area contributed by atoms with Gasteiger partial charge in [0.15, 0.2) is 5.69 Å². The van der Waals surface area contributed by atoms with Crippen LogP contribution in [0.3, 0.4) is 0 Å². The van der Waals surface area contributed by atoms with Gasteiger partial charge in [0, 0.05) is 35.1 Å². The number of aromatic carboxylic acids is 1. The highest BCUT2D eigenvalue weighted by molar-refractivity contribution is 5.99. The van der Waals surface area contributed by atoms with Crippen molar-refractivity contribution >= 4 is 28.7 Å². The van der Waals surface area contributed by atoms with Crippen molar-refractivity contribution in [2.24, 2.45) is 17.6 Å². The number of imide groups is 1. The molecule has 0 unspecified atom stereocenters. The fourth-order valence-electron chi connectivity index (χ4n) is 5.59. The maximum Gasteiger partial charge on any atom is 0.356 e. The van der Waals surface area contributed by atoms with Crippen LogP contribution in [0.25, 0.3) is 10.9 Å². The summed E-state index contributed by atoms with van der Waals surface area (Å²) in [5.41, 5.74) is 8.50. The summed E-state index contributed by atoms with van der Waals surface area (Å²) in [6.45, 7) is 5.61. The molecule has 2 aromatic heterocycles. The van der Waals surface area contributed by atoms with E-state index in [-0.39, 0.29) is 35.7 Å². The number of fused-ring (bicyclic) bond motifs is 1. The van der Waals surface area contributed by atoms with Crippen molar-refractivity contribution in [3.8, 4) is 0 Å². The maximum atomic E-state index is 14.2. The predicted octanol–water partition coefficient (Wildman–Crippen LogP) is 4.88. The molecule has 38 heavy (non-hydrogen) atoms. The number of imidazole rings is 1. The predicted molar refractivity (Wildman–Crippen MR) is 146 cm³/mol. The van der Waals surface area contributed by atoms with Crippen molar-refractivity contribution in [1.82, 2.24) is 19.9 Å². The Labute approximate surface area is 223 Å². The Morgan fingerprint density at radius 1 is 1.13 bits per heavy atom.